The van der Waals surface area contributed by atoms with E-state index in [1.165, 1.54) is 0 Å². The van der Waals surface area contributed by atoms with E-state index in [2.05, 4.69) is 5.32 Å². The molecule has 4 nitrogen and oxygen atoms in total. The number of rotatable bonds is 3. The third-order valence-electron chi connectivity index (χ3n) is 2.58. The molecule has 6 heteroatoms. The normalized spacial score (nSPS) is 19.3. The van der Waals surface area contributed by atoms with E-state index in [1.54, 1.807) is 0 Å². The Labute approximate surface area is 96.2 Å². The summed E-state index contributed by atoms with van der Waals surface area (Å²) in [5.41, 5.74) is -0.563. The van der Waals surface area contributed by atoms with Crippen molar-refractivity contribution in [3.63, 3.8) is 0 Å². The lowest BCUT2D eigenvalue weighted by atomic mass is 10.1. The quantitative estimate of drug-likeness (QED) is 0.850. The fourth-order valence-electron chi connectivity index (χ4n) is 1.69. The van der Waals surface area contributed by atoms with Crippen molar-refractivity contribution in [1.82, 2.24) is 0 Å². The number of hydrogen-bond donors (Lipinski definition) is 2. The van der Waals surface area contributed by atoms with Crippen molar-refractivity contribution in [2.45, 2.75) is 12.5 Å². The van der Waals surface area contributed by atoms with E-state index in [1.807, 2.05) is 0 Å². The van der Waals surface area contributed by atoms with Crippen LogP contribution in [-0.2, 0) is 4.74 Å². The zero-order valence-corrected chi connectivity index (χ0v) is 8.87. The Morgan fingerprint density at radius 2 is 2.18 bits per heavy atom. The second-order valence-corrected chi connectivity index (χ2v) is 3.82. The molecule has 2 rings (SSSR count). The number of anilines is 1. The second kappa shape index (κ2) is 4.67. The molecule has 92 valence electrons. The van der Waals surface area contributed by atoms with E-state index in [0.717, 1.165) is 6.07 Å². The van der Waals surface area contributed by atoms with Gasteiger partial charge in [0.2, 0.25) is 0 Å². The highest BCUT2D eigenvalue weighted by molar-refractivity contribution is 5.89. The summed E-state index contributed by atoms with van der Waals surface area (Å²) in [4.78, 5) is 10.7. The average Bonchev–Trinajstić information content (AvgIpc) is 2.74. The Balaban J connectivity index is 2.26. The maximum absolute atomic E-state index is 13.4. The minimum Gasteiger partial charge on any atom is -0.478 e. The minimum atomic E-state index is -1.42. The topological polar surface area (TPSA) is 58.6 Å². The number of hydrogen-bond acceptors (Lipinski definition) is 3. The number of carbonyl (C=O) groups is 1. The first-order chi connectivity index (χ1) is 8.08. The number of halogens is 2. The van der Waals surface area contributed by atoms with Gasteiger partial charge in [0.25, 0.3) is 0 Å². The molecule has 1 unspecified atom stereocenters. The van der Waals surface area contributed by atoms with Crippen LogP contribution in [-0.4, -0.2) is 30.3 Å². The van der Waals surface area contributed by atoms with Crippen LogP contribution in [0.1, 0.15) is 16.8 Å². The summed E-state index contributed by atoms with van der Waals surface area (Å²) in [7, 11) is 0. The molecule has 1 aliphatic rings. The summed E-state index contributed by atoms with van der Waals surface area (Å²) < 4.78 is 31.6. The molecular weight excluding hydrogens is 232 g/mol. The molecule has 0 saturated carbocycles. The molecule has 0 bridgehead atoms. The third-order valence-corrected chi connectivity index (χ3v) is 2.58. The molecular formula is C11H11F2NO3. The third kappa shape index (κ3) is 2.52. The maximum Gasteiger partial charge on any atom is 0.338 e. The van der Waals surface area contributed by atoms with Crippen LogP contribution in [0.2, 0.25) is 0 Å². The molecule has 2 N–H and O–H groups in total. The van der Waals surface area contributed by atoms with Crippen LogP contribution in [0.5, 0.6) is 0 Å². The van der Waals surface area contributed by atoms with Crippen LogP contribution < -0.4 is 5.32 Å². The van der Waals surface area contributed by atoms with E-state index in [0.29, 0.717) is 25.7 Å². The molecule has 1 aromatic carbocycles. The van der Waals surface area contributed by atoms with Gasteiger partial charge in [-0.15, -0.1) is 0 Å². The molecule has 1 heterocycles. The van der Waals surface area contributed by atoms with Crippen molar-refractivity contribution in [2.24, 2.45) is 0 Å². The highest BCUT2D eigenvalue weighted by Crippen LogP contribution is 2.22. The molecule has 0 amide bonds. The molecule has 0 aliphatic carbocycles. The summed E-state index contributed by atoms with van der Waals surface area (Å²) in [5, 5.41) is 11.5. The van der Waals surface area contributed by atoms with Crippen LogP contribution in [0.25, 0.3) is 0 Å². The Hall–Kier alpha value is -1.69. The molecule has 1 saturated heterocycles. The molecule has 1 fully saturated rings. The average molecular weight is 243 g/mol. The van der Waals surface area contributed by atoms with Gasteiger partial charge in [-0.05, 0) is 12.5 Å². The Morgan fingerprint density at radius 1 is 1.41 bits per heavy atom. The van der Waals surface area contributed by atoms with Crippen LogP contribution in [0.4, 0.5) is 14.5 Å². The van der Waals surface area contributed by atoms with Crippen LogP contribution in [0.15, 0.2) is 12.1 Å². The standard InChI is InChI=1S/C11H11F2NO3/c12-8-4-9(13)10(3-7(8)11(15)16)14-6-1-2-17-5-6/h3-4,6,14H,1-2,5H2,(H,15,16). The number of ether oxygens (including phenoxy) is 1. The van der Waals surface area contributed by atoms with Gasteiger partial charge < -0.3 is 15.2 Å². The summed E-state index contributed by atoms with van der Waals surface area (Å²) in [6.07, 6.45) is 0.708. The van der Waals surface area contributed by atoms with Gasteiger partial charge in [-0.1, -0.05) is 0 Å². The number of carboxylic acid groups (broad SMARTS) is 1. The predicted molar refractivity (Wildman–Crippen MR) is 56.2 cm³/mol. The summed E-state index contributed by atoms with van der Waals surface area (Å²) in [5.74, 6) is -3.31. The zero-order valence-electron chi connectivity index (χ0n) is 8.87. The van der Waals surface area contributed by atoms with Gasteiger partial charge in [-0.3, -0.25) is 0 Å². The smallest absolute Gasteiger partial charge is 0.338 e. The largest absolute Gasteiger partial charge is 0.478 e. The van der Waals surface area contributed by atoms with Gasteiger partial charge in [0.05, 0.1) is 23.9 Å². The number of aromatic carboxylic acids is 1. The second-order valence-electron chi connectivity index (χ2n) is 3.82. The Kier molecular flexibility index (Phi) is 3.23. The van der Waals surface area contributed by atoms with Crippen LogP contribution >= 0.6 is 0 Å². The van der Waals surface area contributed by atoms with Gasteiger partial charge in [0.1, 0.15) is 11.6 Å². The van der Waals surface area contributed by atoms with Crippen molar-refractivity contribution in [2.75, 3.05) is 18.5 Å². The molecule has 1 atom stereocenters. The van der Waals surface area contributed by atoms with Crippen molar-refractivity contribution >= 4 is 11.7 Å². The zero-order chi connectivity index (χ0) is 12.4. The molecule has 0 spiro atoms. The SMILES string of the molecule is O=C(O)c1cc(NC2CCOC2)c(F)cc1F. The molecule has 1 aliphatic heterocycles. The lowest BCUT2D eigenvalue weighted by Gasteiger charge is -2.13. The molecule has 17 heavy (non-hydrogen) atoms. The highest BCUT2D eigenvalue weighted by Gasteiger charge is 2.20. The maximum atomic E-state index is 13.4. The van der Waals surface area contributed by atoms with E-state index < -0.39 is 23.2 Å². The first-order valence-electron chi connectivity index (χ1n) is 5.14. The van der Waals surface area contributed by atoms with Crippen LogP contribution in [0.3, 0.4) is 0 Å². The Morgan fingerprint density at radius 3 is 2.76 bits per heavy atom. The van der Waals surface area contributed by atoms with Gasteiger partial charge in [0.15, 0.2) is 0 Å². The number of carboxylic acids is 1. The van der Waals surface area contributed by atoms with Crippen molar-refractivity contribution in [3.05, 3.63) is 29.3 Å². The van der Waals surface area contributed by atoms with Crippen molar-refractivity contribution in [1.29, 1.82) is 0 Å². The van der Waals surface area contributed by atoms with Gasteiger partial charge in [-0.25, -0.2) is 13.6 Å². The predicted octanol–water partition coefficient (Wildman–Crippen LogP) is 1.86. The highest BCUT2D eigenvalue weighted by atomic mass is 19.1. The van der Waals surface area contributed by atoms with Gasteiger partial charge >= 0.3 is 5.97 Å². The molecule has 1 aromatic rings. The summed E-state index contributed by atoms with van der Waals surface area (Å²) in [6.45, 7) is 1.01. The lowest BCUT2D eigenvalue weighted by molar-refractivity contribution is 0.0692. The van der Waals surface area contributed by atoms with Gasteiger partial charge in [-0.2, -0.15) is 0 Å². The van der Waals surface area contributed by atoms with E-state index >= 15 is 0 Å². The van der Waals surface area contributed by atoms with Crippen LogP contribution in [0, 0.1) is 11.6 Å². The first kappa shape index (κ1) is 11.8. The number of nitrogens with one attached hydrogen (secondary N) is 1. The summed E-state index contributed by atoms with van der Waals surface area (Å²) >= 11 is 0. The molecule has 0 aromatic heterocycles. The fraction of sp³-hybridized carbons (Fsp3) is 0.364. The van der Waals surface area contributed by atoms with Crippen molar-refractivity contribution in [3.8, 4) is 0 Å². The van der Waals surface area contributed by atoms with E-state index in [-0.39, 0.29) is 11.7 Å². The summed E-state index contributed by atoms with van der Waals surface area (Å²) in [6, 6.07) is 1.46. The monoisotopic (exact) mass is 243 g/mol. The van der Waals surface area contributed by atoms with E-state index in [9.17, 15) is 13.6 Å². The Bertz CT molecular complexity index is 445. The first-order valence-corrected chi connectivity index (χ1v) is 5.14. The van der Waals surface area contributed by atoms with Gasteiger partial charge in [0, 0.05) is 12.7 Å². The van der Waals surface area contributed by atoms with E-state index in [4.69, 9.17) is 9.84 Å². The molecule has 0 radical (unpaired) electrons. The number of benzene rings is 1. The minimum absolute atomic E-state index is 0.0145. The lowest BCUT2D eigenvalue weighted by Crippen LogP contribution is -2.20. The fourth-order valence-corrected chi connectivity index (χ4v) is 1.69. The van der Waals surface area contributed by atoms with Crippen molar-refractivity contribution < 1.29 is 23.4 Å².